The van der Waals surface area contributed by atoms with Crippen LogP contribution in [-0.4, -0.2) is 60.2 Å². The van der Waals surface area contributed by atoms with Gasteiger partial charge in [0.05, 0.1) is 18.8 Å². The Morgan fingerprint density at radius 1 is 1.53 bits per heavy atom. The first-order chi connectivity index (χ1) is 8.18. The number of carbonyl (C=O) groups is 1. The second kappa shape index (κ2) is 6.07. The van der Waals surface area contributed by atoms with Crippen molar-refractivity contribution in [2.24, 2.45) is 0 Å². The van der Waals surface area contributed by atoms with Gasteiger partial charge in [0.25, 0.3) is 0 Å². The van der Waals surface area contributed by atoms with E-state index in [0.29, 0.717) is 19.1 Å². The summed E-state index contributed by atoms with van der Waals surface area (Å²) in [6.45, 7) is 6.55. The molecule has 2 saturated heterocycles. The number of hydrogen-bond donors (Lipinski definition) is 1. The summed E-state index contributed by atoms with van der Waals surface area (Å²) in [6, 6.07) is 0.555. The number of nitrogens with zero attached hydrogens (tertiary/aromatic N) is 1. The number of thioether (sulfide) groups is 1. The van der Waals surface area contributed by atoms with E-state index in [4.69, 9.17) is 4.74 Å². The van der Waals surface area contributed by atoms with Crippen LogP contribution in [-0.2, 0) is 9.53 Å². The molecule has 0 radical (unpaired) electrons. The molecule has 0 saturated carbocycles. The van der Waals surface area contributed by atoms with Crippen molar-refractivity contribution in [2.45, 2.75) is 38.5 Å². The highest BCUT2D eigenvalue weighted by Gasteiger charge is 2.30. The lowest BCUT2D eigenvalue weighted by Gasteiger charge is -2.38. The maximum absolute atomic E-state index is 12.2. The molecule has 5 heteroatoms. The summed E-state index contributed by atoms with van der Waals surface area (Å²) in [6.07, 6.45) is 0.783. The number of carbonyl (C=O) groups excluding carboxylic acids is 1. The Hall–Kier alpha value is -0.260. The second-order valence-electron chi connectivity index (χ2n) is 4.83. The number of hydrogen-bond acceptors (Lipinski definition) is 4. The van der Waals surface area contributed by atoms with Crippen molar-refractivity contribution in [3.63, 3.8) is 0 Å². The monoisotopic (exact) mass is 258 g/mol. The zero-order valence-electron chi connectivity index (χ0n) is 10.6. The molecule has 4 nitrogen and oxygen atoms in total. The molecule has 0 aliphatic carbocycles. The van der Waals surface area contributed by atoms with E-state index in [1.807, 2.05) is 23.6 Å². The zero-order chi connectivity index (χ0) is 12.3. The standard InChI is InChI=1S/C12H22N2O2S/c1-9-10(2)16-5-4-14(9)12(15)7-11-8-17-6-3-13-11/h9-11,13H,3-8H2,1-2H3/t9-,10+,11-/m1/s1. The molecule has 2 aliphatic heterocycles. The molecule has 2 rings (SSSR count). The Morgan fingerprint density at radius 3 is 3.06 bits per heavy atom. The van der Waals surface area contributed by atoms with Crippen molar-refractivity contribution >= 4 is 17.7 Å². The zero-order valence-corrected chi connectivity index (χ0v) is 11.5. The molecule has 0 aromatic rings. The minimum atomic E-state index is 0.154. The lowest BCUT2D eigenvalue weighted by Crippen LogP contribution is -2.53. The summed E-state index contributed by atoms with van der Waals surface area (Å²) in [5.41, 5.74) is 0. The Morgan fingerprint density at radius 2 is 2.35 bits per heavy atom. The van der Waals surface area contributed by atoms with Crippen LogP contribution in [0.15, 0.2) is 0 Å². The Bertz CT molecular complexity index is 269. The largest absolute Gasteiger partial charge is 0.375 e. The summed E-state index contributed by atoms with van der Waals surface area (Å²) < 4.78 is 5.55. The SMILES string of the molecule is C[C@@H]1OCCN(C(=O)C[C@@H]2CSCCN2)[C@@H]1C. The molecule has 2 aliphatic rings. The van der Waals surface area contributed by atoms with E-state index in [-0.39, 0.29) is 18.1 Å². The average molecular weight is 258 g/mol. The molecular weight excluding hydrogens is 236 g/mol. The minimum absolute atomic E-state index is 0.154. The van der Waals surface area contributed by atoms with Gasteiger partial charge < -0.3 is 15.0 Å². The highest BCUT2D eigenvalue weighted by Crippen LogP contribution is 2.17. The molecule has 0 aromatic heterocycles. The summed E-state index contributed by atoms with van der Waals surface area (Å²) in [5.74, 6) is 2.49. The molecule has 17 heavy (non-hydrogen) atoms. The van der Waals surface area contributed by atoms with E-state index < -0.39 is 0 Å². The van der Waals surface area contributed by atoms with Crippen LogP contribution in [0.3, 0.4) is 0 Å². The van der Waals surface area contributed by atoms with E-state index in [1.54, 1.807) is 0 Å². The highest BCUT2D eigenvalue weighted by atomic mass is 32.2. The normalized spacial score (nSPS) is 34.7. The van der Waals surface area contributed by atoms with Crippen LogP contribution in [0.1, 0.15) is 20.3 Å². The van der Waals surface area contributed by atoms with Gasteiger partial charge in [-0.3, -0.25) is 4.79 Å². The fourth-order valence-electron chi connectivity index (χ4n) is 2.36. The third-order valence-corrected chi connectivity index (χ3v) is 4.75. The van der Waals surface area contributed by atoms with Gasteiger partial charge in [-0.2, -0.15) is 11.8 Å². The molecule has 0 unspecified atom stereocenters. The maximum atomic E-state index is 12.2. The fraction of sp³-hybridized carbons (Fsp3) is 0.917. The van der Waals surface area contributed by atoms with Crippen molar-refractivity contribution in [3.05, 3.63) is 0 Å². The molecule has 3 atom stereocenters. The average Bonchev–Trinajstić information content (AvgIpc) is 2.34. The molecule has 1 N–H and O–H groups in total. The van der Waals surface area contributed by atoms with Gasteiger partial charge in [0, 0.05) is 37.1 Å². The van der Waals surface area contributed by atoms with Gasteiger partial charge in [-0.1, -0.05) is 0 Å². The summed E-state index contributed by atoms with van der Waals surface area (Å²) >= 11 is 1.94. The highest BCUT2D eigenvalue weighted by molar-refractivity contribution is 7.99. The molecule has 2 heterocycles. The van der Waals surface area contributed by atoms with Crippen LogP contribution < -0.4 is 5.32 Å². The van der Waals surface area contributed by atoms with E-state index in [1.165, 1.54) is 0 Å². The number of amides is 1. The number of nitrogens with one attached hydrogen (secondary N) is 1. The Kier molecular flexibility index (Phi) is 4.70. The van der Waals surface area contributed by atoms with Crippen molar-refractivity contribution in [1.29, 1.82) is 0 Å². The third-order valence-electron chi connectivity index (χ3n) is 3.62. The van der Waals surface area contributed by atoms with Gasteiger partial charge in [0.2, 0.25) is 5.91 Å². The van der Waals surface area contributed by atoms with E-state index >= 15 is 0 Å². The Balaban J connectivity index is 1.85. The minimum Gasteiger partial charge on any atom is -0.375 e. The first-order valence-electron chi connectivity index (χ1n) is 6.40. The molecule has 1 amide bonds. The quantitative estimate of drug-likeness (QED) is 0.792. The predicted molar refractivity (Wildman–Crippen MR) is 70.3 cm³/mol. The summed E-state index contributed by atoms with van der Waals surface area (Å²) in [5, 5.41) is 3.42. The molecular formula is C12H22N2O2S. The summed E-state index contributed by atoms with van der Waals surface area (Å²) in [4.78, 5) is 14.2. The van der Waals surface area contributed by atoms with Crippen LogP contribution >= 0.6 is 11.8 Å². The van der Waals surface area contributed by atoms with E-state index in [2.05, 4.69) is 12.2 Å². The van der Waals surface area contributed by atoms with Gasteiger partial charge in [0.1, 0.15) is 0 Å². The number of ether oxygens (including phenoxy) is 1. The number of rotatable bonds is 2. The van der Waals surface area contributed by atoms with Crippen molar-refractivity contribution in [2.75, 3.05) is 31.2 Å². The molecule has 0 aromatic carbocycles. The van der Waals surface area contributed by atoms with Crippen molar-refractivity contribution in [3.8, 4) is 0 Å². The van der Waals surface area contributed by atoms with Crippen molar-refractivity contribution < 1.29 is 9.53 Å². The van der Waals surface area contributed by atoms with Gasteiger partial charge in [0.15, 0.2) is 0 Å². The Labute approximate surface area is 107 Å². The number of morpholine rings is 1. The van der Waals surface area contributed by atoms with Gasteiger partial charge in [-0.25, -0.2) is 0 Å². The smallest absolute Gasteiger partial charge is 0.224 e. The van der Waals surface area contributed by atoms with Crippen LogP contribution in [0, 0.1) is 0 Å². The molecule has 0 spiro atoms. The van der Waals surface area contributed by atoms with Gasteiger partial charge >= 0.3 is 0 Å². The van der Waals surface area contributed by atoms with Crippen LogP contribution in [0.5, 0.6) is 0 Å². The molecule has 2 fully saturated rings. The third kappa shape index (κ3) is 3.36. The van der Waals surface area contributed by atoms with Crippen molar-refractivity contribution in [1.82, 2.24) is 10.2 Å². The second-order valence-corrected chi connectivity index (χ2v) is 5.98. The van der Waals surface area contributed by atoms with Gasteiger partial charge in [-0.05, 0) is 13.8 Å². The van der Waals surface area contributed by atoms with Gasteiger partial charge in [-0.15, -0.1) is 0 Å². The lowest BCUT2D eigenvalue weighted by molar-refractivity contribution is -0.144. The van der Waals surface area contributed by atoms with Crippen LogP contribution in [0.2, 0.25) is 0 Å². The van der Waals surface area contributed by atoms with Crippen LogP contribution in [0.25, 0.3) is 0 Å². The summed E-state index contributed by atoms with van der Waals surface area (Å²) in [7, 11) is 0. The first-order valence-corrected chi connectivity index (χ1v) is 7.56. The topological polar surface area (TPSA) is 41.6 Å². The predicted octanol–water partition coefficient (Wildman–Crippen LogP) is 0.717. The van der Waals surface area contributed by atoms with E-state index in [9.17, 15) is 4.79 Å². The van der Waals surface area contributed by atoms with E-state index in [0.717, 1.165) is 24.6 Å². The molecule has 0 bridgehead atoms. The maximum Gasteiger partial charge on any atom is 0.224 e. The lowest BCUT2D eigenvalue weighted by atomic mass is 10.1. The first kappa shape index (κ1) is 13.2. The fourth-order valence-corrected chi connectivity index (χ4v) is 3.31. The van der Waals surface area contributed by atoms with Crippen LogP contribution in [0.4, 0.5) is 0 Å². The molecule has 98 valence electrons.